The Bertz CT molecular complexity index is 768. The Kier molecular flexibility index (Phi) is 5.41. The lowest BCUT2D eigenvalue weighted by Crippen LogP contribution is -2.18. The van der Waals surface area contributed by atoms with E-state index in [0.29, 0.717) is 0 Å². The van der Waals surface area contributed by atoms with Crippen molar-refractivity contribution in [1.29, 1.82) is 0 Å². The Morgan fingerprint density at radius 2 is 1.88 bits per heavy atom. The molecule has 4 heteroatoms. The molecule has 1 heterocycles. The molecule has 0 saturated heterocycles. The van der Waals surface area contributed by atoms with E-state index in [2.05, 4.69) is 52.1 Å². The van der Waals surface area contributed by atoms with Gasteiger partial charge in [-0.25, -0.2) is 4.98 Å². The van der Waals surface area contributed by atoms with Gasteiger partial charge in [0.05, 0.1) is 12.9 Å². The van der Waals surface area contributed by atoms with E-state index in [4.69, 9.17) is 0 Å². The van der Waals surface area contributed by atoms with Crippen LogP contribution in [0.15, 0.2) is 67.3 Å². The molecule has 0 spiro atoms. The van der Waals surface area contributed by atoms with Gasteiger partial charge in [0.15, 0.2) is 0 Å². The number of rotatable bonds is 7. The van der Waals surface area contributed by atoms with Gasteiger partial charge in [-0.1, -0.05) is 48.5 Å². The van der Waals surface area contributed by atoms with Crippen LogP contribution in [0.25, 0.3) is 0 Å². The molecule has 3 rings (SSSR count). The molecule has 124 valence electrons. The van der Waals surface area contributed by atoms with Crippen LogP contribution in [0.5, 0.6) is 0 Å². The lowest BCUT2D eigenvalue weighted by atomic mass is 10.0. The molecule has 3 aromatic rings. The van der Waals surface area contributed by atoms with Gasteiger partial charge in [0, 0.05) is 31.5 Å². The van der Waals surface area contributed by atoms with E-state index in [1.807, 2.05) is 30.7 Å². The average molecular weight is 321 g/mol. The molecule has 4 nitrogen and oxygen atoms in total. The number of nitrogens with one attached hydrogen (secondary N) is 1. The summed E-state index contributed by atoms with van der Waals surface area (Å²) in [4.78, 5) is 4.08. The molecule has 1 atom stereocenters. The summed E-state index contributed by atoms with van der Waals surface area (Å²) in [6, 6.07) is 16.9. The zero-order valence-corrected chi connectivity index (χ0v) is 13.9. The number of benzene rings is 2. The van der Waals surface area contributed by atoms with Crippen LogP contribution in [-0.4, -0.2) is 14.7 Å². The number of nitrogens with zero attached hydrogens (tertiary/aromatic N) is 2. The number of aliphatic hydroxyl groups is 1. The predicted octanol–water partition coefficient (Wildman–Crippen LogP) is 3.27. The standard InChI is InChI=1S/C20H23N3O/c1-16(20-7-3-6-19(11-20)14-24)22-12-17-4-2-5-18(10-17)13-23-9-8-21-15-23/h2-11,15-16,22,24H,12-14H2,1H3. The van der Waals surface area contributed by atoms with Gasteiger partial charge in [-0.05, 0) is 29.2 Å². The van der Waals surface area contributed by atoms with Crippen molar-refractivity contribution in [2.75, 3.05) is 0 Å². The lowest BCUT2D eigenvalue weighted by Gasteiger charge is -2.15. The van der Waals surface area contributed by atoms with Gasteiger partial charge in [0.25, 0.3) is 0 Å². The molecule has 1 unspecified atom stereocenters. The third-order valence-corrected chi connectivity index (χ3v) is 4.16. The highest BCUT2D eigenvalue weighted by molar-refractivity contribution is 5.26. The first kappa shape index (κ1) is 16.4. The van der Waals surface area contributed by atoms with Gasteiger partial charge in [-0.15, -0.1) is 0 Å². The van der Waals surface area contributed by atoms with E-state index in [1.165, 1.54) is 16.7 Å². The Hall–Kier alpha value is -2.43. The molecule has 0 aliphatic heterocycles. The molecule has 2 N–H and O–H groups in total. The molecule has 0 radical (unpaired) electrons. The zero-order chi connectivity index (χ0) is 16.8. The fourth-order valence-electron chi connectivity index (χ4n) is 2.78. The zero-order valence-electron chi connectivity index (χ0n) is 13.9. The second-order valence-electron chi connectivity index (χ2n) is 6.06. The minimum atomic E-state index is 0.0802. The fourth-order valence-corrected chi connectivity index (χ4v) is 2.78. The van der Waals surface area contributed by atoms with Gasteiger partial charge >= 0.3 is 0 Å². The summed E-state index contributed by atoms with van der Waals surface area (Å²) in [5.41, 5.74) is 4.67. The van der Waals surface area contributed by atoms with Crippen molar-refractivity contribution < 1.29 is 5.11 Å². The summed E-state index contributed by atoms with van der Waals surface area (Å²) in [5.74, 6) is 0. The molecule has 2 aromatic carbocycles. The van der Waals surface area contributed by atoms with Crippen LogP contribution in [0.2, 0.25) is 0 Å². The SMILES string of the molecule is CC(NCc1cccc(Cn2ccnc2)c1)c1cccc(CO)c1. The number of aliphatic hydroxyl groups excluding tert-OH is 1. The smallest absolute Gasteiger partial charge is 0.0949 e. The topological polar surface area (TPSA) is 50.1 Å². The van der Waals surface area contributed by atoms with Crippen LogP contribution in [0.3, 0.4) is 0 Å². The molecule has 1 aromatic heterocycles. The summed E-state index contributed by atoms with van der Waals surface area (Å²) in [6.07, 6.45) is 5.61. The van der Waals surface area contributed by atoms with Crippen molar-refractivity contribution >= 4 is 0 Å². The molecule has 0 bridgehead atoms. The van der Waals surface area contributed by atoms with Crippen LogP contribution in [-0.2, 0) is 19.7 Å². The highest BCUT2D eigenvalue weighted by atomic mass is 16.3. The van der Waals surface area contributed by atoms with Crippen LogP contribution < -0.4 is 5.32 Å². The van der Waals surface area contributed by atoms with E-state index in [0.717, 1.165) is 18.7 Å². The molecule has 0 fully saturated rings. The van der Waals surface area contributed by atoms with Gasteiger partial charge in [-0.2, -0.15) is 0 Å². The summed E-state index contributed by atoms with van der Waals surface area (Å²) in [6.45, 7) is 3.87. The van der Waals surface area contributed by atoms with Gasteiger partial charge in [0.1, 0.15) is 0 Å². The van der Waals surface area contributed by atoms with E-state index in [-0.39, 0.29) is 12.6 Å². The molecule has 0 amide bonds. The van der Waals surface area contributed by atoms with Crippen molar-refractivity contribution in [3.63, 3.8) is 0 Å². The number of hydrogen-bond donors (Lipinski definition) is 2. The molecule has 0 aliphatic carbocycles. The first-order valence-electron chi connectivity index (χ1n) is 8.21. The minimum absolute atomic E-state index is 0.0802. The third kappa shape index (κ3) is 4.31. The maximum atomic E-state index is 9.26. The second-order valence-corrected chi connectivity index (χ2v) is 6.06. The summed E-state index contributed by atoms with van der Waals surface area (Å²) in [5, 5.41) is 12.8. The van der Waals surface area contributed by atoms with Crippen LogP contribution in [0.4, 0.5) is 0 Å². The van der Waals surface area contributed by atoms with Crippen molar-refractivity contribution in [2.24, 2.45) is 0 Å². The molecule has 0 saturated carbocycles. The monoisotopic (exact) mass is 321 g/mol. The van der Waals surface area contributed by atoms with Crippen LogP contribution in [0.1, 0.15) is 35.2 Å². The van der Waals surface area contributed by atoms with E-state index < -0.39 is 0 Å². The second kappa shape index (κ2) is 7.90. The maximum Gasteiger partial charge on any atom is 0.0949 e. The first-order valence-corrected chi connectivity index (χ1v) is 8.21. The van der Waals surface area contributed by atoms with Crippen molar-refractivity contribution in [1.82, 2.24) is 14.9 Å². The Morgan fingerprint density at radius 1 is 1.08 bits per heavy atom. The highest BCUT2D eigenvalue weighted by Crippen LogP contribution is 2.15. The maximum absolute atomic E-state index is 9.26. The van der Waals surface area contributed by atoms with E-state index in [9.17, 15) is 5.11 Å². The molecule has 24 heavy (non-hydrogen) atoms. The number of hydrogen-bond acceptors (Lipinski definition) is 3. The molecular weight excluding hydrogens is 298 g/mol. The van der Waals surface area contributed by atoms with Gasteiger partial charge < -0.3 is 15.0 Å². The quantitative estimate of drug-likeness (QED) is 0.702. The predicted molar refractivity (Wildman–Crippen MR) is 95.4 cm³/mol. The molecular formula is C20H23N3O. The van der Waals surface area contributed by atoms with Gasteiger partial charge in [0.2, 0.25) is 0 Å². The normalized spacial score (nSPS) is 12.2. The van der Waals surface area contributed by atoms with E-state index >= 15 is 0 Å². The number of aromatic nitrogens is 2. The van der Waals surface area contributed by atoms with Gasteiger partial charge in [-0.3, -0.25) is 0 Å². The summed E-state index contributed by atoms with van der Waals surface area (Å²) < 4.78 is 2.07. The Morgan fingerprint density at radius 3 is 2.67 bits per heavy atom. The van der Waals surface area contributed by atoms with Crippen molar-refractivity contribution in [3.8, 4) is 0 Å². The van der Waals surface area contributed by atoms with Crippen molar-refractivity contribution in [2.45, 2.75) is 32.7 Å². The summed E-state index contributed by atoms with van der Waals surface area (Å²) >= 11 is 0. The largest absolute Gasteiger partial charge is 0.392 e. The number of imidazole rings is 1. The van der Waals surface area contributed by atoms with Crippen LogP contribution in [0, 0.1) is 0 Å². The van der Waals surface area contributed by atoms with Crippen molar-refractivity contribution in [3.05, 3.63) is 89.5 Å². The molecule has 0 aliphatic rings. The Balaban J connectivity index is 1.61. The third-order valence-electron chi connectivity index (χ3n) is 4.16. The highest BCUT2D eigenvalue weighted by Gasteiger charge is 2.06. The first-order chi connectivity index (χ1) is 11.7. The summed E-state index contributed by atoms with van der Waals surface area (Å²) in [7, 11) is 0. The fraction of sp³-hybridized carbons (Fsp3) is 0.250. The minimum Gasteiger partial charge on any atom is -0.392 e. The lowest BCUT2D eigenvalue weighted by molar-refractivity contribution is 0.281. The average Bonchev–Trinajstić information content (AvgIpc) is 3.13. The Labute approximate surface area is 142 Å². The van der Waals surface area contributed by atoms with E-state index in [1.54, 1.807) is 6.20 Å². The van der Waals surface area contributed by atoms with Crippen LogP contribution >= 0.6 is 0 Å².